The molecule has 3 fully saturated rings. The van der Waals surface area contributed by atoms with E-state index in [1.807, 2.05) is 0 Å². The summed E-state index contributed by atoms with van der Waals surface area (Å²) in [6.45, 7) is 8.36. The molecule has 109 valence electrons. The van der Waals surface area contributed by atoms with Gasteiger partial charge in [-0.15, -0.1) is 0 Å². The molecule has 4 heteroatoms. The van der Waals surface area contributed by atoms with Crippen molar-refractivity contribution in [3.8, 4) is 0 Å². The molecule has 3 saturated heterocycles. The first kappa shape index (κ1) is 14.4. The summed E-state index contributed by atoms with van der Waals surface area (Å²) in [5.74, 6) is 0. The van der Waals surface area contributed by atoms with Crippen LogP contribution in [0, 0.1) is 0 Å². The molecule has 0 aliphatic carbocycles. The highest BCUT2D eigenvalue weighted by molar-refractivity contribution is 6.49. The van der Waals surface area contributed by atoms with Crippen LogP contribution in [-0.4, -0.2) is 65.7 Å². The van der Waals surface area contributed by atoms with E-state index in [0.29, 0.717) is 0 Å². The second kappa shape index (κ2) is 7.43. The zero-order valence-corrected chi connectivity index (χ0v) is 13.7. The normalized spacial score (nSPS) is 28.9. The molecule has 0 aromatic rings. The minimum atomic E-state index is -0.978. The van der Waals surface area contributed by atoms with Crippen molar-refractivity contribution in [1.82, 2.24) is 11.7 Å². The Morgan fingerprint density at radius 1 is 0.368 bits per heavy atom. The molecule has 0 aromatic heterocycles. The third-order valence-electron chi connectivity index (χ3n) is 5.15. The van der Waals surface area contributed by atoms with Gasteiger partial charge in [0.1, 0.15) is 0 Å². The van der Waals surface area contributed by atoms with E-state index >= 15 is 0 Å². The predicted octanol–water partition coefficient (Wildman–Crippen LogP) is 2.43. The topological polar surface area (TPSA) is 9.72 Å². The summed E-state index contributed by atoms with van der Waals surface area (Å²) < 4.78 is 8.79. The van der Waals surface area contributed by atoms with E-state index in [9.17, 15) is 0 Å². The van der Waals surface area contributed by atoms with Gasteiger partial charge in [-0.05, 0) is 77.8 Å². The first-order chi connectivity index (χ1) is 9.45. The molecule has 3 aliphatic heterocycles. The molecular formula is C15H30AlN3-. The van der Waals surface area contributed by atoms with Crippen LogP contribution in [0.3, 0.4) is 0 Å². The van der Waals surface area contributed by atoms with Crippen molar-refractivity contribution in [3.63, 3.8) is 0 Å². The minimum absolute atomic E-state index is 0.978. The van der Waals surface area contributed by atoms with Crippen molar-refractivity contribution in [2.75, 3.05) is 39.3 Å². The van der Waals surface area contributed by atoms with Crippen LogP contribution < -0.4 is 0 Å². The molecule has 0 spiro atoms. The fourth-order valence-electron chi connectivity index (χ4n) is 4.14. The molecule has 3 rings (SSSR count). The van der Waals surface area contributed by atoms with Crippen LogP contribution >= 0.6 is 0 Å². The first-order valence-corrected chi connectivity index (χ1v) is 10.2. The Hall–Kier alpha value is 0.412. The SMILES string of the molecule is C1CC[N]([Al-]([N]2CCCCC2)[N]2CCCCC2)CC1. The van der Waals surface area contributed by atoms with E-state index in [-0.39, 0.29) is 0 Å². The van der Waals surface area contributed by atoms with Crippen LogP contribution in [0.1, 0.15) is 57.8 Å². The van der Waals surface area contributed by atoms with E-state index in [4.69, 9.17) is 0 Å². The Labute approximate surface area is 124 Å². The number of hydrogen-bond donors (Lipinski definition) is 0. The summed E-state index contributed by atoms with van der Waals surface area (Å²) in [6, 6.07) is 0. The summed E-state index contributed by atoms with van der Waals surface area (Å²) in [5, 5.41) is 0. The van der Waals surface area contributed by atoms with Crippen LogP contribution in [-0.2, 0) is 0 Å². The van der Waals surface area contributed by atoms with Crippen LogP contribution in [0.5, 0.6) is 0 Å². The molecule has 0 aromatic carbocycles. The monoisotopic (exact) mass is 279 g/mol. The van der Waals surface area contributed by atoms with Crippen molar-refractivity contribution in [2.24, 2.45) is 0 Å². The molecule has 0 N–H and O–H groups in total. The van der Waals surface area contributed by atoms with E-state index in [1.54, 1.807) is 0 Å². The lowest BCUT2D eigenvalue weighted by Crippen LogP contribution is -2.65. The van der Waals surface area contributed by atoms with Crippen LogP contribution in [0.15, 0.2) is 0 Å². The maximum Gasteiger partial charge on any atom is 0.279 e. The van der Waals surface area contributed by atoms with Gasteiger partial charge in [0.2, 0.25) is 0 Å². The highest BCUT2D eigenvalue weighted by Crippen LogP contribution is 2.21. The zero-order chi connectivity index (χ0) is 12.9. The second-order valence-electron chi connectivity index (χ2n) is 6.64. The maximum atomic E-state index is 2.93. The maximum absolute atomic E-state index is 2.93. The summed E-state index contributed by atoms with van der Waals surface area (Å²) in [4.78, 5) is 0. The van der Waals surface area contributed by atoms with Crippen molar-refractivity contribution >= 4 is 14.8 Å². The summed E-state index contributed by atoms with van der Waals surface area (Å²) in [6.07, 6.45) is 13.1. The first-order valence-electron chi connectivity index (χ1n) is 8.67. The Balaban J connectivity index is 1.68. The summed E-state index contributed by atoms with van der Waals surface area (Å²) in [5.41, 5.74) is 0. The highest BCUT2D eigenvalue weighted by Gasteiger charge is 2.27. The van der Waals surface area contributed by atoms with Gasteiger partial charge in [0, 0.05) is 0 Å². The summed E-state index contributed by atoms with van der Waals surface area (Å²) in [7, 11) is 0. The Kier molecular flexibility index (Phi) is 5.61. The van der Waals surface area contributed by atoms with Gasteiger partial charge in [0.25, 0.3) is 14.8 Å². The quantitative estimate of drug-likeness (QED) is 0.735. The second-order valence-corrected chi connectivity index (χ2v) is 9.52. The number of hydrogen-bond acceptors (Lipinski definition) is 3. The number of piperidine rings is 3. The molecule has 0 amide bonds. The molecule has 0 atom stereocenters. The van der Waals surface area contributed by atoms with Crippen molar-refractivity contribution < 1.29 is 0 Å². The predicted molar refractivity (Wildman–Crippen MR) is 82.0 cm³/mol. The lowest BCUT2D eigenvalue weighted by atomic mass is 10.2. The van der Waals surface area contributed by atoms with Crippen molar-refractivity contribution in [3.05, 3.63) is 0 Å². The molecule has 0 unspecified atom stereocenters. The van der Waals surface area contributed by atoms with Gasteiger partial charge in [-0.1, -0.05) is 19.3 Å². The number of nitrogens with zero attached hydrogens (tertiary/aromatic N) is 3. The van der Waals surface area contributed by atoms with E-state index in [0.717, 1.165) is 0 Å². The molecular weight excluding hydrogens is 249 g/mol. The van der Waals surface area contributed by atoms with Gasteiger partial charge in [-0.3, -0.25) is 0 Å². The lowest BCUT2D eigenvalue weighted by molar-refractivity contribution is 0.211. The van der Waals surface area contributed by atoms with Crippen molar-refractivity contribution in [2.45, 2.75) is 57.8 Å². The van der Waals surface area contributed by atoms with Gasteiger partial charge in [-0.25, -0.2) is 0 Å². The molecule has 3 heterocycles. The Bertz CT molecular complexity index is 213. The smallest absolute Gasteiger partial charge is 0.279 e. The minimum Gasteiger partial charge on any atom is -0.510 e. The van der Waals surface area contributed by atoms with E-state index < -0.39 is 14.8 Å². The van der Waals surface area contributed by atoms with Gasteiger partial charge in [0.05, 0.1) is 0 Å². The molecule has 3 nitrogen and oxygen atoms in total. The number of rotatable bonds is 3. The third kappa shape index (κ3) is 3.74. The molecule has 0 bridgehead atoms. The molecule has 1 radical (unpaired) electrons. The Morgan fingerprint density at radius 2 is 0.632 bits per heavy atom. The van der Waals surface area contributed by atoms with Gasteiger partial charge >= 0.3 is 0 Å². The Morgan fingerprint density at radius 3 is 0.895 bits per heavy atom. The van der Waals surface area contributed by atoms with Gasteiger partial charge < -0.3 is 11.7 Å². The summed E-state index contributed by atoms with van der Waals surface area (Å²) >= 11 is -0.978. The average Bonchev–Trinajstić information content (AvgIpc) is 2.51. The van der Waals surface area contributed by atoms with Crippen LogP contribution in [0.25, 0.3) is 0 Å². The van der Waals surface area contributed by atoms with Crippen LogP contribution in [0.4, 0.5) is 0 Å². The zero-order valence-electron chi connectivity index (χ0n) is 12.5. The van der Waals surface area contributed by atoms with E-state index in [1.165, 1.54) is 97.1 Å². The van der Waals surface area contributed by atoms with Crippen LogP contribution in [0.2, 0.25) is 0 Å². The van der Waals surface area contributed by atoms with Gasteiger partial charge in [0.15, 0.2) is 0 Å². The fourth-order valence-corrected chi connectivity index (χ4v) is 8.01. The molecule has 0 saturated carbocycles. The third-order valence-corrected chi connectivity index (χ3v) is 8.66. The highest BCUT2D eigenvalue weighted by atomic mass is 27.2. The molecule has 19 heavy (non-hydrogen) atoms. The fraction of sp³-hybridized carbons (Fsp3) is 1.00. The largest absolute Gasteiger partial charge is 0.510 e. The van der Waals surface area contributed by atoms with E-state index in [2.05, 4.69) is 11.7 Å². The standard InChI is InChI=1S/3C5H10N.Al/c3*1-2-4-6-5-3-1;/h3*1-5H2;/q3*-1;+2. The molecule has 3 aliphatic rings. The average molecular weight is 279 g/mol. The van der Waals surface area contributed by atoms with Gasteiger partial charge in [-0.2, -0.15) is 0 Å². The lowest BCUT2D eigenvalue weighted by Gasteiger charge is -2.58. The van der Waals surface area contributed by atoms with Crippen molar-refractivity contribution in [1.29, 1.82) is 0 Å².